The first-order chi connectivity index (χ1) is 14.2. The van der Waals surface area contributed by atoms with Crippen LogP contribution in [0, 0.1) is 0 Å². The second-order valence-electron chi connectivity index (χ2n) is 8.15. The molecule has 4 rings (SSSR count). The van der Waals surface area contributed by atoms with Crippen molar-refractivity contribution in [3.63, 3.8) is 0 Å². The molecule has 3 atom stereocenters. The summed E-state index contributed by atoms with van der Waals surface area (Å²) in [6, 6.07) is 9.92. The molecule has 7 nitrogen and oxygen atoms in total. The third kappa shape index (κ3) is 5.15. The molecule has 3 fully saturated rings. The van der Waals surface area contributed by atoms with E-state index in [1.54, 1.807) is 0 Å². The lowest BCUT2D eigenvalue weighted by molar-refractivity contribution is -0.123. The number of ether oxygens (including phenoxy) is 2. The van der Waals surface area contributed by atoms with Gasteiger partial charge in [-0.1, -0.05) is 18.2 Å². The van der Waals surface area contributed by atoms with Crippen LogP contribution in [0.4, 0.5) is 0 Å². The van der Waals surface area contributed by atoms with Crippen LogP contribution in [0.3, 0.4) is 0 Å². The smallest absolute Gasteiger partial charge is 0.254 e. The molecule has 0 saturated carbocycles. The van der Waals surface area contributed by atoms with Crippen molar-refractivity contribution >= 4 is 11.8 Å². The largest absolute Gasteiger partial charge is 0.381 e. The number of nitrogens with zero attached hydrogens (tertiary/aromatic N) is 2. The summed E-state index contributed by atoms with van der Waals surface area (Å²) in [6.07, 6.45) is 3.41. The summed E-state index contributed by atoms with van der Waals surface area (Å²) in [5.74, 6) is 0.109. The molecule has 3 aliphatic heterocycles. The lowest BCUT2D eigenvalue weighted by Gasteiger charge is -2.40. The maximum Gasteiger partial charge on any atom is 0.254 e. The Balaban J connectivity index is 1.24. The molecule has 1 aromatic rings. The highest BCUT2D eigenvalue weighted by molar-refractivity contribution is 5.94. The lowest BCUT2D eigenvalue weighted by Crippen LogP contribution is -2.57. The zero-order chi connectivity index (χ0) is 20.1. The van der Waals surface area contributed by atoms with Gasteiger partial charge in [-0.05, 0) is 31.4 Å². The molecule has 2 bridgehead atoms. The lowest BCUT2D eigenvalue weighted by atomic mass is 10.1. The highest BCUT2D eigenvalue weighted by Crippen LogP contribution is 2.26. The predicted octanol–water partition coefficient (Wildman–Crippen LogP) is 1.29. The molecule has 3 heterocycles. The molecule has 0 aliphatic carbocycles. The third-order valence-corrected chi connectivity index (χ3v) is 6.23. The summed E-state index contributed by atoms with van der Waals surface area (Å²) < 4.78 is 11.1. The van der Waals surface area contributed by atoms with E-state index in [9.17, 15) is 9.59 Å². The number of fused-ring (bicyclic) bond motifs is 2. The van der Waals surface area contributed by atoms with E-state index in [1.807, 2.05) is 35.2 Å². The first-order valence-corrected chi connectivity index (χ1v) is 10.8. The van der Waals surface area contributed by atoms with E-state index in [-0.39, 0.29) is 30.0 Å². The third-order valence-electron chi connectivity index (χ3n) is 6.23. The first-order valence-electron chi connectivity index (χ1n) is 10.8. The minimum Gasteiger partial charge on any atom is -0.381 e. The topological polar surface area (TPSA) is 71.1 Å². The van der Waals surface area contributed by atoms with Crippen LogP contribution < -0.4 is 5.32 Å². The van der Waals surface area contributed by atoms with Gasteiger partial charge in [0, 0.05) is 63.5 Å². The number of amides is 2. The minimum absolute atomic E-state index is 0.0133. The Hall–Kier alpha value is -1.96. The van der Waals surface area contributed by atoms with Crippen LogP contribution >= 0.6 is 0 Å². The van der Waals surface area contributed by atoms with Crippen molar-refractivity contribution in [3.8, 4) is 0 Å². The van der Waals surface area contributed by atoms with E-state index >= 15 is 0 Å². The molecule has 3 saturated heterocycles. The number of nitrogens with one attached hydrogen (secondary N) is 1. The fourth-order valence-corrected chi connectivity index (χ4v) is 4.52. The molecule has 1 aromatic carbocycles. The van der Waals surface area contributed by atoms with Crippen LogP contribution in [-0.4, -0.2) is 85.8 Å². The Bertz CT molecular complexity index is 693. The van der Waals surface area contributed by atoms with Gasteiger partial charge < -0.3 is 19.7 Å². The van der Waals surface area contributed by atoms with Crippen molar-refractivity contribution in [1.29, 1.82) is 0 Å². The average Bonchev–Trinajstić information content (AvgIpc) is 3.18. The van der Waals surface area contributed by atoms with E-state index in [2.05, 4.69) is 10.2 Å². The molecule has 7 heteroatoms. The summed E-state index contributed by atoms with van der Waals surface area (Å²) in [4.78, 5) is 29.6. The average molecular weight is 402 g/mol. The number of rotatable bonds is 7. The maximum absolute atomic E-state index is 13.0. The maximum atomic E-state index is 13.0. The van der Waals surface area contributed by atoms with Crippen molar-refractivity contribution in [2.45, 2.75) is 43.9 Å². The Morgan fingerprint density at radius 1 is 1.10 bits per heavy atom. The van der Waals surface area contributed by atoms with Crippen LogP contribution in [0.15, 0.2) is 30.3 Å². The molecule has 158 valence electrons. The minimum atomic E-state index is 0.0133. The van der Waals surface area contributed by atoms with Gasteiger partial charge in [-0.3, -0.25) is 14.5 Å². The number of carbonyl (C=O) groups is 2. The van der Waals surface area contributed by atoms with Crippen LogP contribution in [0.5, 0.6) is 0 Å². The zero-order valence-electron chi connectivity index (χ0n) is 16.9. The normalized spacial score (nSPS) is 27.0. The zero-order valence-corrected chi connectivity index (χ0v) is 16.9. The molecule has 2 amide bonds. The Labute approximate surface area is 172 Å². The molecule has 0 spiro atoms. The molecule has 3 aliphatic rings. The highest BCUT2D eigenvalue weighted by Gasteiger charge is 2.40. The van der Waals surface area contributed by atoms with Crippen molar-refractivity contribution in [2.75, 3.05) is 46.0 Å². The highest BCUT2D eigenvalue weighted by atomic mass is 16.5. The number of benzene rings is 1. The van der Waals surface area contributed by atoms with Crippen LogP contribution in [-0.2, 0) is 14.3 Å². The first kappa shape index (κ1) is 20.3. The number of piperazine rings is 1. The van der Waals surface area contributed by atoms with Crippen LogP contribution in [0.2, 0.25) is 0 Å². The summed E-state index contributed by atoms with van der Waals surface area (Å²) in [5, 5.41) is 3.05. The van der Waals surface area contributed by atoms with Gasteiger partial charge in [0.05, 0.1) is 12.7 Å². The van der Waals surface area contributed by atoms with Gasteiger partial charge in [0.1, 0.15) is 0 Å². The second-order valence-corrected chi connectivity index (χ2v) is 8.15. The number of hydrogen-bond acceptors (Lipinski definition) is 5. The summed E-state index contributed by atoms with van der Waals surface area (Å²) in [6.45, 7) is 5.05. The van der Waals surface area contributed by atoms with Crippen LogP contribution in [0.25, 0.3) is 0 Å². The second kappa shape index (κ2) is 9.69. The SMILES string of the molecule is O=C(CCOC1CCOCC1)NC[C@H]1CN(C(=O)c2ccccc2)[C@H]2CCN1C2. The quantitative estimate of drug-likeness (QED) is 0.746. The monoisotopic (exact) mass is 401 g/mol. The van der Waals surface area contributed by atoms with E-state index in [0.29, 0.717) is 26.1 Å². The fourth-order valence-electron chi connectivity index (χ4n) is 4.52. The van der Waals surface area contributed by atoms with Crippen molar-refractivity contribution < 1.29 is 19.1 Å². The number of carbonyl (C=O) groups excluding carboxylic acids is 2. The van der Waals surface area contributed by atoms with Crippen molar-refractivity contribution in [3.05, 3.63) is 35.9 Å². The summed E-state index contributed by atoms with van der Waals surface area (Å²) >= 11 is 0. The Morgan fingerprint density at radius 3 is 2.69 bits per heavy atom. The van der Waals surface area contributed by atoms with E-state index in [0.717, 1.165) is 51.1 Å². The van der Waals surface area contributed by atoms with Gasteiger partial charge in [-0.2, -0.15) is 0 Å². The van der Waals surface area contributed by atoms with Gasteiger partial charge >= 0.3 is 0 Å². The molecule has 1 N–H and O–H groups in total. The van der Waals surface area contributed by atoms with E-state index in [1.165, 1.54) is 0 Å². The molecule has 0 radical (unpaired) electrons. The van der Waals surface area contributed by atoms with Crippen LogP contribution in [0.1, 0.15) is 36.0 Å². The van der Waals surface area contributed by atoms with E-state index in [4.69, 9.17) is 9.47 Å². The molecular weight excluding hydrogens is 370 g/mol. The van der Waals surface area contributed by atoms with Crippen molar-refractivity contribution in [2.24, 2.45) is 0 Å². The Kier molecular flexibility index (Phi) is 6.79. The Morgan fingerprint density at radius 2 is 1.90 bits per heavy atom. The summed E-state index contributed by atoms with van der Waals surface area (Å²) in [5.41, 5.74) is 0.737. The van der Waals surface area contributed by atoms with Gasteiger partial charge in [-0.25, -0.2) is 0 Å². The number of hydrogen-bond donors (Lipinski definition) is 1. The molecule has 0 aromatic heterocycles. The van der Waals surface area contributed by atoms with Gasteiger partial charge in [0.2, 0.25) is 5.91 Å². The molecule has 1 unspecified atom stereocenters. The van der Waals surface area contributed by atoms with Gasteiger partial charge in [0.25, 0.3) is 5.91 Å². The standard InChI is InChI=1S/C22H31N3O4/c26-21(9-13-29-20-7-11-28-12-8-20)23-14-19-16-25(18-6-10-24(19)15-18)22(27)17-4-2-1-3-5-17/h1-5,18-20H,6-16H2,(H,23,26)/t18-,19-/m0/s1. The van der Waals surface area contributed by atoms with Gasteiger partial charge in [0.15, 0.2) is 0 Å². The molecule has 29 heavy (non-hydrogen) atoms. The van der Waals surface area contributed by atoms with E-state index < -0.39 is 0 Å². The van der Waals surface area contributed by atoms with Gasteiger partial charge in [-0.15, -0.1) is 0 Å². The van der Waals surface area contributed by atoms with Crippen molar-refractivity contribution in [1.82, 2.24) is 15.1 Å². The molecular formula is C22H31N3O4. The summed E-state index contributed by atoms with van der Waals surface area (Å²) in [7, 11) is 0. The predicted molar refractivity (Wildman–Crippen MR) is 109 cm³/mol. The fraction of sp³-hybridized carbons (Fsp3) is 0.636.